The summed E-state index contributed by atoms with van der Waals surface area (Å²) >= 11 is 3.36. The molecule has 0 spiro atoms. The maximum absolute atomic E-state index is 11.8. The largest absolute Gasteiger partial charge is 0.462 e. The molecule has 0 aliphatic heterocycles. The molecule has 104 valence electrons. The molecule has 1 aromatic carbocycles. The van der Waals surface area contributed by atoms with Crippen molar-refractivity contribution in [2.24, 2.45) is 0 Å². The summed E-state index contributed by atoms with van der Waals surface area (Å²) in [7, 11) is 0. The van der Waals surface area contributed by atoms with Crippen molar-refractivity contribution in [2.75, 3.05) is 6.61 Å². The summed E-state index contributed by atoms with van der Waals surface area (Å²) in [6, 6.07) is 7.70. The number of nitrogens with zero attached hydrogens (tertiary/aromatic N) is 1. The summed E-state index contributed by atoms with van der Waals surface area (Å²) in [6.45, 7) is 1.90. The molecule has 0 amide bonds. The standard InChI is InChI=1S/C14H13BrN2O3/c1-2-20-14(19)11-8-16-12(17-13(11)18)7-9-3-5-10(15)6-4-9/h3-6,8H,2,7H2,1H3,(H,16,17,18). The molecular formula is C14H13BrN2O3. The van der Waals surface area contributed by atoms with Crippen molar-refractivity contribution in [1.29, 1.82) is 0 Å². The van der Waals surface area contributed by atoms with Gasteiger partial charge in [0.1, 0.15) is 11.4 Å². The molecule has 5 nitrogen and oxygen atoms in total. The minimum atomic E-state index is -0.656. The lowest BCUT2D eigenvalue weighted by Gasteiger charge is -2.04. The lowest BCUT2D eigenvalue weighted by Crippen LogP contribution is -2.22. The van der Waals surface area contributed by atoms with Crippen LogP contribution in [0.15, 0.2) is 39.7 Å². The summed E-state index contributed by atoms with van der Waals surface area (Å²) in [5.41, 5.74) is 0.456. The van der Waals surface area contributed by atoms with Crippen LogP contribution in [0, 0.1) is 0 Å². The van der Waals surface area contributed by atoms with Crippen LogP contribution in [0.25, 0.3) is 0 Å². The molecule has 0 aliphatic carbocycles. The number of hydrogen-bond acceptors (Lipinski definition) is 4. The van der Waals surface area contributed by atoms with Gasteiger partial charge in [0.25, 0.3) is 5.56 Å². The van der Waals surface area contributed by atoms with Crippen LogP contribution >= 0.6 is 15.9 Å². The Morgan fingerprint density at radius 1 is 1.35 bits per heavy atom. The van der Waals surface area contributed by atoms with Gasteiger partial charge in [-0.1, -0.05) is 28.1 Å². The molecule has 0 saturated heterocycles. The zero-order valence-corrected chi connectivity index (χ0v) is 12.4. The quantitative estimate of drug-likeness (QED) is 0.869. The summed E-state index contributed by atoms with van der Waals surface area (Å²) < 4.78 is 5.76. The minimum Gasteiger partial charge on any atom is -0.462 e. The van der Waals surface area contributed by atoms with Gasteiger partial charge in [0, 0.05) is 17.1 Å². The van der Waals surface area contributed by atoms with E-state index in [2.05, 4.69) is 25.9 Å². The van der Waals surface area contributed by atoms with Gasteiger partial charge in [-0.3, -0.25) is 4.79 Å². The molecule has 1 heterocycles. The molecule has 2 rings (SSSR count). The molecule has 0 radical (unpaired) electrons. The Morgan fingerprint density at radius 3 is 2.65 bits per heavy atom. The number of hydrogen-bond donors (Lipinski definition) is 1. The van der Waals surface area contributed by atoms with Gasteiger partial charge in [-0.05, 0) is 24.6 Å². The zero-order chi connectivity index (χ0) is 14.5. The third kappa shape index (κ3) is 3.54. The number of H-pyrrole nitrogens is 1. The summed E-state index contributed by atoms with van der Waals surface area (Å²) in [5.74, 6) is -0.151. The van der Waals surface area contributed by atoms with Crippen molar-refractivity contribution in [2.45, 2.75) is 13.3 Å². The molecule has 0 atom stereocenters. The Hall–Kier alpha value is -1.95. The highest BCUT2D eigenvalue weighted by Gasteiger charge is 2.12. The number of carbonyl (C=O) groups is 1. The number of esters is 1. The van der Waals surface area contributed by atoms with E-state index >= 15 is 0 Å². The first-order valence-corrected chi connectivity index (χ1v) is 6.89. The Bertz CT molecular complexity index is 665. The Morgan fingerprint density at radius 2 is 2.05 bits per heavy atom. The minimum absolute atomic E-state index is 0.0774. The summed E-state index contributed by atoms with van der Waals surface area (Å²) in [6.07, 6.45) is 1.75. The highest BCUT2D eigenvalue weighted by atomic mass is 79.9. The van der Waals surface area contributed by atoms with Gasteiger partial charge in [-0.2, -0.15) is 0 Å². The van der Waals surface area contributed by atoms with Crippen molar-refractivity contribution >= 4 is 21.9 Å². The Kier molecular flexibility index (Phi) is 4.68. The van der Waals surface area contributed by atoms with Crippen LogP contribution < -0.4 is 5.56 Å². The fraction of sp³-hybridized carbons (Fsp3) is 0.214. The van der Waals surface area contributed by atoms with Crippen LogP contribution in [-0.2, 0) is 11.2 Å². The SMILES string of the molecule is CCOC(=O)c1cnc(Cc2ccc(Br)cc2)[nH]c1=O. The van der Waals surface area contributed by atoms with Crippen LogP contribution in [0.1, 0.15) is 28.7 Å². The first-order valence-electron chi connectivity index (χ1n) is 6.10. The van der Waals surface area contributed by atoms with E-state index in [1.54, 1.807) is 6.92 Å². The normalized spacial score (nSPS) is 10.3. The van der Waals surface area contributed by atoms with E-state index in [1.165, 1.54) is 6.20 Å². The fourth-order valence-electron chi connectivity index (χ4n) is 1.67. The fourth-order valence-corrected chi connectivity index (χ4v) is 1.94. The number of nitrogens with one attached hydrogen (secondary N) is 1. The van der Waals surface area contributed by atoms with Crippen molar-refractivity contribution < 1.29 is 9.53 Å². The summed E-state index contributed by atoms with van der Waals surface area (Å²) in [4.78, 5) is 30.0. The van der Waals surface area contributed by atoms with Gasteiger partial charge in [0.05, 0.1) is 6.61 Å². The van der Waals surface area contributed by atoms with Crippen LogP contribution in [-0.4, -0.2) is 22.5 Å². The van der Waals surface area contributed by atoms with Gasteiger partial charge >= 0.3 is 5.97 Å². The zero-order valence-electron chi connectivity index (χ0n) is 10.9. The van der Waals surface area contributed by atoms with Crippen molar-refractivity contribution in [1.82, 2.24) is 9.97 Å². The first-order chi connectivity index (χ1) is 9.60. The molecule has 1 aromatic heterocycles. The van der Waals surface area contributed by atoms with Gasteiger partial charge in [0.15, 0.2) is 0 Å². The lowest BCUT2D eigenvalue weighted by molar-refractivity contribution is 0.0523. The highest BCUT2D eigenvalue weighted by molar-refractivity contribution is 9.10. The lowest BCUT2D eigenvalue weighted by atomic mass is 10.1. The summed E-state index contributed by atoms with van der Waals surface area (Å²) in [5, 5.41) is 0. The third-order valence-corrected chi connectivity index (χ3v) is 3.16. The maximum Gasteiger partial charge on any atom is 0.345 e. The molecular weight excluding hydrogens is 324 g/mol. The number of halogens is 1. The molecule has 0 aliphatic rings. The second-order valence-corrected chi connectivity index (χ2v) is 5.01. The topological polar surface area (TPSA) is 72.0 Å². The number of rotatable bonds is 4. The van der Waals surface area contributed by atoms with E-state index in [9.17, 15) is 9.59 Å². The van der Waals surface area contributed by atoms with Crippen LogP contribution in [0.3, 0.4) is 0 Å². The molecule has 0 fully saturated rings. The number of carbonyl (C=O) groups excluding carboxylic acids is 1. The van der Waals surface area contributed by atoms with Crippen molar-refractivity contribution in [3.8, 4) is 0 Å². The Balaban J connectivity index is 2.19. The second-order valence-electron chi connectivity index (χ2n) is 4.10. The second kappa shape index (κ2) is 6.47. The third-order valence-electron chi connectivity index (χ3n) is 2.63. The van der Waals surface area contributed by atoms with E-state index in [1.807, 2.05) is 24.3 Å². The predicted octanol–water partition coefficient (Wildman–Crippen LogP) is 2.30. The van der Waals surface area contributed by atoms with Gasteiger partial charge in [-0.15, -0.1) is 0 Å². The molecule has 1 N–H and O–H groups in total. The number of benzene rings is 1. The average Bonchev–Trinajstić information content (AvgIpc) is 2.42. The first kappa shape index (κ1) is 14.5. The van der Waals surface area contributed by atoms with Crippen LogP contribution in [0.2, 0.25) is 0 Å². The Labute approximate surface area is 124 Å². The van der Waals surface area contributed by atoms with Gasteiger partial charge < -0.3 is 9.72 Å². The van der Waals surface area contributed by atoms with Gasteiger partial charge in [-0.25, -0.2) is 9.78 Å². The maximum atomic E-state index is 11.8. The number of aromatic nitrogens is 2. The highest BCUT2D eigenvalue weighted by Crippen LogP contribution is 2.12. The predicted molar refractivity (Wildman–Crippen MR) is 77.8 cm³/mol. The monoisotopic (exact) mass is 336 g/mol. The number of aromatic amines is 1. The number of ether oxygens (including phenoxy) is 1. The molecule has 6 heteroatoms. The molecule has 2 aromatic rings. The molecule has 0 bridgehead atoms. The molecule has 20 heavy (non-hydrogen) atoms. The smallest absolute Gasteiger partial charge is 0.345 e. The van der Waals surface area contributed by atoms with Crippen LogP contribution in [0.5, 0.6) is 0 Å². The van der Waals surface area contributed by atoms with Crippen LogP contribution in [0.4, 0.5) is 0 Å². The van der Waals surface area contributed by atoms with Crippen molar-refractivity contribution in [3.63, 3.8) is 0 Å². The van der Waals surface area contributed by atoms with Crippen molar-refractivity contribution in [3.05, 3.63) is 62.2 Å². The van der Waals surface area contributed by atoms with E-state index in [4.69, 9.17) is 4.74 Å². The van der Waals surface area contributed by atoms with E-state index < -0.39 is 11.5 Å². The van der Waals surface area contributed by atoms with E-state index in [0.29, 0.717) is 12.2 Å². The molecule has 0 saturated carbocycles. The van der Waals surface area contributed by atoms with E-state index in [0.717, 1.165) is 10.0 Å². The molecule has 0 unspecified atom stereocenters. The van der Waals surface area contributed by atoms with Gasteiger partial charge in [0.2, 0.25) is 0 Å². The van der Waals surface area contributed by atoms with E-state index in [-0.39, 0.29) is 12.2 Å². The average molecular weight is 337 g/mol.